The van der Waals surface area contributed by atoms with E-state index in [-0.39, 0.29) is 5.69 Å². The van der Waals surface area contributed by atoms with Crippen LogP contribution in [0.3, 0.4) is 0 Å². The number of rotatable bonds is 5. The third-order valence-electron chi connectivity index (χ3n) is 2.94. The van der Waals surface area contributed by atoms with Crippen LogP contribution in [0.2, 0.25) is 0 Å². The lowest BCUT2D eigenvalue weighted by Crippen LogP contribution is -2.26. The lowest BCUT2D eigenvalue weighted by atomic mass is 10.3. The molecule has 0 unspecified atom stereocenters. The Balaban J connectivity index is 1.87. The van der Waals surface area contributed by atoms with Gasteiger partial charge < -0.3 is 10.2 Å². The Hall–Kier alpha value is -1.69. The highest BCUT2D eigenvalue weighted by Gasteiger charge is 2.14. The standard InChI is InChI=1S/C11H16N4O2/c16-15(17)11-9-12-4-3-10(11)13-5-8-14-6-1-2-7-14/h3-4,9H,1-2,5-8H2,(H,12,13). The number of anilines is 1. The van der Waals surface area contributed by atoms with Gasteiger partial charge in [0.2, 0.25) is 0 Å². The molecule has 0 saturated carbocycles. The average Bonchev–Trinajstić information content (AvgIpc) is 2.82. The highest BCUT2D eigenvalue weighted by molar-refractivity contribution is 5.59. The molecule has 1 aromatic heterocycles. The van der Waals surface area contributed by atoms with E-state index in [1.807, 2.05) is 0 Å². The van der Waals surface area contributed by atoms with Crippen LogP contribution in [0.25, 0.3) is 0 Å². The molecule has 0 amide bonds. The molecule has 1 aliphatic rings. The lowest BCUT2D eigenvalue weighted by Gasteiger charge is -2.15. The minimum Gasteiger partial charge on any atom is -0.378 e. The molecule has 6 heteroatoms. The zero-order valence-electron chi connectivity index (χ0n) is 9.63. The van der Waals surface area contributed by atoms with Gasteiger partial charge >= 0.3 is 5.69 Å². The molecule has 1 aromatic rings. The van der Waals surface area contributed by atoms with Gasteiger partial charge in [-0.25, -0.2) is 0 Å². The summed E-state index contributed by atoms with van der Waals surface area (Å²) in [6, 6.07) is 1.64. The van der Waals surface area contributed by atoms with E-state index in [4.69, 9.17) is 0 Å². The van der Waals surface area contributed by atoms with E-state index in [0.717, 1.165) is 26.2 Å². The Bertz CT molecular complexity index is 391. The molecule has 2 rings (SSSR count). The third-order valence-corrected chi connectivity index (χ3v) is 2.94. The van der Waals surface area contributed by atoms with E-state index in [9.17, 15) is 10.1 Å². The Morgan fingerprint density at radius 1 is 1.47 bits per heavy atom. The molecule has 1 N–H and O–H groups in total. The molecule has 1 fully saturated rings. The van der Waals surface area contributed by atoms with Crippen LogP contribution in [0.1, 0.15) is 12.8 Å². The maximum absolute atomic E-state index is 10.8. The molecular formula is C11H16N4O2. The van der Waals surface area contributed by atoms with E-state index >= 15 is 0 Å². The van der Waals surface area contributed by atoms with E-state index in [1.54, 1.807) is 12.3 Å². The lowest BCUT2D eigenvalue weighted by molar-refractivity contribution is -0.384. The smallest absolute Gasteiger partial charge is 0.310 e. The second kappa shape index (κ2) is 5.58. The first-order valence-corrected chi connectivity index (χ1v) is 5.82. The van der Waals surface area contributed by atoms with Gasteiger partial charge in [-0.3, -0.25) is 15.1 Å². The molecule has 0 spiro atoms. The second-order valence-corrected chi connectivity index (χ2v) is 4.13. The van der Waals surface area contributed by atoms with Gasteiger partial charge in [-0.2, -0.15) is 0 Å². The summed E-state index contributed by atoms with van der Waals surface area (Å²) in [6.07, 6.45) is 5.36. The molecule has 0 aromatic carbocycles. The highest BCUT2D eigenvalue weighted by atomic mass is 16.6. The fourth-order valence-electron chi connectivity index (χ4n) is 2.04. The van der Waals surface area contributed by atoms with Crippen molar-refractivity contribution in [2.24, 2.45) is 0 Å². The van der Waals surface area contributed by atoms with Gasteiger partial charge in [-0.05, 0) is 32.0 Å². The van der Waals surface area contributed by atoms with Crippen molar-refractivity contribution in [3.8, 4) is 0 Å². The first-order valence-electron chi connectivity index (χ1n) is 5.82. The first-order chi connectivity index (χ1) is 8.27. The summed E-state index contributed by atoms with van der Waals surface area (Å²) < 4.78 is 0. The van der Waals surface area contributed by atoms with Crippen molar-refractivity contribution in [1.82, 2.24) is 9.88 Å². The van der Waals surface area contributed by atoms with Gasteiger partial charge in [0.05, 0.1) is 4.92 Å². The fourth-order valence-corrected chi connectivity index (χ4v) is 2.04. The first kappa shape index (κ1) is 11.8. The molecular weight excluding hydrogens is 220 g/mol. The van der Waals surface area contributed by atoms with Crippen molar-refractivity contribution in [2.75, 3.05) is 31.5 Å². The second-order valence-electron chi connectivity index (χ2n) is 4.13. The Morgan fingerprint density at radius 3 is 2.94 bits per heavy atom. The van der Waals surface area contributed by atoms with Crippen LogP contribution in [0.15, 0.2) is 18.5 Å². The highest BCUT2D eigenvalue weighted by Crippen LogP contribution is 2.21. The minimum absolute atomic E-state index is 0.0360. The van der Waals surface area contributed by atoms with Crippen molar-refractivity contribution < 1.29 is 4.92 Å². The molecule has 0 radical (unpaired) electrons. The topological polar surface area (TPSA) is 71.3 Å². The molecule has 2 heterocycles. The molecule has 6 nitrogen and oxygen atoms in total. The molecule has 1 aliphatic heterocycles. The van der Waals surface area contributed by atoms with Crippen LogP contribution in [-0.4, -0.2) is 41.0 Å². The van der Waals surface area contributed by atoms with E-state index in [0.29, 0.717) is 5.69 Å². The summed E-state index contributed by atoms with van der Waals surface area (Å²) in [5, 5.41) is 13.9. The van der Waals surface area contributed by atoms with E-state index in [2.05, 4.69) is 15.2 Å². The summed E-state index contributed by atoms with van der Waals surface area (Å²) in [4.78, 5) is 16.5. The van der Waals surface area contributed by atoms with Crippen molar-refractivity contribution in [3.05, 3.63) is 28.6 Å². The number of nitrogens with one attached hydrogen (secondary N) is 1. The molecule has 0 aliphatic carbocycles. The Morgan fingerprint density at radius 2 is 2.24 bits per heavy atom. The predicted octanol–water partition coefficient (Wildman–Crippen LogP) is 1.50. The van der Waals surface area contributed by atoms with E-state index < -0.39 is 4.92 Å². The van der Waals surface area contributed by atoms with Crippen LogP contribution in [0.5, 0.6) is 0 Å². The summed E-state index contributed by atoms with van der Waals surface area (Å²) in [5.74, 6) is 0. The van der Waals surface area contributed by atoms with Crippen LogP contribution in [-0.2, 0) is 0 Å². The van der Waals surface area contributed by atoms with Crippen molar-refractivity contribution in [3.63, 3.8) is 0 Å². The number of hydrogen-bond donors (Lipinski definition) is 1. The molecule has 0 atom stereocenters. The Labute approximate surface area is 99.8 Å². The van der Waals surface area contributed by atoms with Crippen LogP contribution in [0, 0.1) is 10.1 Å². The van der Waals surface area contributed by atoms with Gasteiger partial charge in [0.25, 0.3) is 0 Å². The predicted molar refractivity (Wildman–Crippen MR) is 65.1 cm³/mol. The maximum Gasteiger partial charge on any atom is 0.310 e. The molecule has 92 valence electrons. The minimum atomic E-state index is -0.412. The number of hydrogen-bond acceptors (Lipinski definition) is 5. The van der Waals surface area contributed by atoms with Crippen molar-refractivity contribution >= 4 is 11.4 Å². The maximum atomic E-state index is 10.8. The van der Waals surface area contributed by atoms with Gasteiger partial charge in [-0.1, -0.05) is 0 Å². The quantitative estimate of drug-likeness (QED) is 0.619. The van der Waals surface area contributed by atoms with Crippen LogP contribution < -0.4 is 5.32 Å². The summed E-state index contributed by atoms with van der Waals surface area (Å²) in [6.45, 7) is 3.94. The summed E-state index contributed by atoms with van der Waals surface area (Å²) in [5.41, 5.74) is 0.582. The number of likely N-dealkylation sites (tertiary alicyclic amines) is 1. The van der Waals surface area contributed by atoms with Gasteiger partial charge in [0.1, 0.15) is 11.9 Å². The summed E-state index contributed by atoms with van der Waals surface area (Å²) >= 11 is 0. The van der Waals surface area contributed by atoms with E-state index in [1.165, 1.54) is 19.0 Å². The van der Waals surface area contributed by atoms with Crippen LogP contribution in [0.4, 0.5) is 11.4 Å². The fraction of sp³-hybridized carbons (Fsp3) is 0.545. The van der Waals surface area contributed by atoms with Gasteiger partial charge in [-0.15, -0.1) is 0 Å². The van der Waals surface area contributed by atoms with Gasteiger partial charge in [0.15, 0.2) is 0 Å². The number of aromatic nitrogens is 1. The SMILES string of the molecule is O=[N+]([O-])c1cnccc1NCCN1CCCC1. The van der Waals surface area contributed by atoms with Crippen molar-refractivity contribution in [2.45, 2.75) is 12.8 Å². The molecule has 1 saturated heterocycles. The zero-order valence-corrected chi connectivity index (χ0v) is 9.63. The Kier molecular flexibility index (Phi) is 3.87. The number of nitrogens with zero attached hydrogens (tertiary/aromatic N) is 3. The normalized spacial score (nSPS) is 16.0. The van der Waals surface area contributed by atoms with Crippen LogP contribution >= 0.6 is 0 Å². The third kappa shape index (κ3) is 3.13. The monoisotopic (exact) mass is 236 g/mol. The number of nitro groups is 1. The average molecular weight is 236 g/mol. The summed E-state index contributed by atoms with van der Waals surface area (Å²) in [7, 11) is 0. The van der Waals surface area contributed by atoms with Gasteiger partial charge in [0, 0.05) is 19.3 Å². The molecule has 17 heavy (non-hydrogen) atoms. The number of pyridine rings is 1. The molecule has 0 bridgehead atoms. The zero-order chi connectivity index (χ0) is 12.1. The largest absolute Gasteiger partial charge is 0.378 e. The van der Waals surface area contributed by atoms with Crippen molar-refractivity contribution in [1.29, 1.82) is 0 Å².